The number of amides is 1. The van der Waals surface area contributed by atoms with Gasteiger partial charge in [-0.25, -0.2) is 8.42 Å². The molecule has 0 aliphatic carbocycles. The highest BCUT2D eigenvalue weighted by molar-refractivity contribution is 7.89. The Kier molecular flexibility index (Phi) is 4.29. The fourth-order valence-corrected chi connectivity index (χ4v) is 4.61. The molecule has 0 saturated carbocycles. The molecule has 136 valence electrons. The summed E-state index contributed by atoms with van der Waals surface area (Å²) in [4.78, 5) is 16.9. The molecule has 1 amide bonds. The molecule has 2 aromatic rings. The number of carbonyl (C=O) groups is 1. The maximum Gasteiger partial charge on any atom is 0.261 e. The predicted molar refractivity (Wildman–Crippen MR) is 99.4 cm³/mol. The molecular weight excluding hydrogens is 352 g/mol. The zero-order valence-corrected chi connectivity index (χ0v) is 14.9. The lowest BCUT2D eigenvalue weighted by atomic mass is 10.2. The largest absolute Gasteiger partial charge is 0.368 e. The SMILES string of the molecule is O=C([C@@H]1Nc2ccccc2S(=O)(=O)N1)N1CCN(c2ccccc2)CC1. The minimum atomic E-state index is -3.70. The minimum Gasteiger partial charge on any atom is -0.368 e. The van der Waals surface area contributed by atoms with Gasteiger partial charge in [0.25, 0.3) is 5.91 Å². The van der Waals surface area contributed by atoms with E-state index in [2.05, 4.69) is 14.9 Å². The summed E-state index contributed by atoms with van der Waals surface area (Å²) in [5, 5.41) is 3.00. The molecule has 0 aromatic heterocycles. The Balaban J connectivity index is 1.45. The number of carbonyl (C=O) groups excluding carboxylic acids is 1. The van der Waals surface area contributed by atoms with Crippen LogP contribution in [0.15, 0.2) is 59.5 Å². The Labute approximate surface area is 152 Å². The van der Waals surface area contributed by atoms with Crippen LogP contribution < -0.4 is 14.9 Å². The van der Waals surface area contributed by atoms with Crippen LogP contribution in [0.4, 0.5) is 11.4 Å². The summed E-state index contributed by atoms with van der Waals surface area (Å²) in [7, 11) is -3.70. The monoisotopic (exact) mass is 372 g/mol. The van der Waals surface area contributed by atoms with Gasteiger partial charge in [0.2, 0.25) is 10.0 Å². The van der Waals surface area contributed by atoms with E-state index in [0.717, 1.165) is 5.69 Å². The zero-order valence-electron chi connectivity index (χ0n) is 14.1. The van der Waals surface area contributed by atoms with Crippen molar-refractivity contribution in [2.45, 2.75) is 11.1 Å². The molecule has 0 unspecified atom stereocenters. The summed E-state index contributed by atoms with van der Waals surface area (Å²) >= 11 is 0. The molecule has 0 bridgehead atoms. The molecule has 1 fully saturated rings. The van der Waals surface area contributed by atoms with Crippen molar-refractivity contribution in [3.63, 3.8) is 0 Å². The first-order valence-electron chi connectivity index (χ1n) is 8.51. The summed E-state index contributed by atoms with van der Waals surface area (Å²) in [5.74, 6) is -0.254. The van der Waals surface area contributed by atoms with Crippen LogP contribution in [0.3, 0.4) is 0 Å². The number of hydrogen-bond donors (Lipinski definition) is 2. The van der Waals surface area contributed by atoms with Crippen molar-refractivity contribution < 1.29 is 13.2 Å². The van der Waals surface area contributed by atoms with Gasteiger partial charge in [-0.2, -0.15) is 4.72 Å². The van der Waals surface area contributed by atoms with Gasteiger partial charge in [-0.05, 0) is 24.3 Å². The van der Waals surface area contributed by atoms with Crippen LogP contribution in [0.2, 0.25) is 0 Å². The van der Waals surface area contributed by atoms with Crippen LogP contribution in [0, 0.1) is 0 Å². The highest BCUT2D eigenvalue weighted by Gasteiger charge is 2.35. The molecule has 4 rings (SSSR count). The molecule has 7 nitrogen and oxygen atoms in total. The molecule has 0 radical (unpaired) electrons. The Hall–Kier alpha value is -2.58. The third-order valence-electron chi connectivity index (χ3n) is 4.71. The van der Waals surface area contributed by atoms with E-state index in [-0.39, 0.29) is 10.8 Å². The van der Waals surface area contributed by atoms with Gasteiger partial charge < -0.3 is 15.1 Å². The number of nitrogens with zero attached hydrogens (tertiary/aromatic N) is 2. The highest BCUT2D eigenvalue weighted by Crippen LogP contribution is 2.26. The Bertz CT molecular complexity index is 909. The van der Waals surface area contributed by atoms with Crippen molar-refractivity contribution in [1.82, 2.24) is 9.62 Å². The van der Waals surface area contributed by atoms with E-state index in [9.17, 15) is 13.2 Å². The van der Waals surface area contributed by atoms with Crippen molar-refractivity contribution in [3.05, 3.63) is 54.6 Å². The first-order valence-corrected chi connectivity index (χ1v) is 10.00. The van der Waals surface area contributed by atoms with Gasteiger partial charge in [-0.3, -0.25) is 4.79 Å². The van der Waals surface area contributed by atoms with E-state index in [4.69, 9.17) is 0 Å². The molecule has 2 aliphatic heterocycles. The van der Waals surface area contributed by atoms with Crippen LogP contribution in [-0.4, -0.2) is 51.6 Å². The number of hydrogen-bond acceptors (Lipinski definition) is 5. The van der Waals surface area contributed by atoms with Crippen molar-refractivity contribution in [1.29, 1.82) is 0 Å². The molecule has 0 spiro atoms. The van der Waals surface area contributed by atoms with E-state index in [1.165, 1.54) is 6.07 Å². The van der Waals surface area contributed by atoms with Gasteiger partial charge in [0.05, 0.1) is 5.69 Å². The number of nitrogens with one attached hydrogen (secondary N) is 2. The van der Waals surface area contributed by atoms with Crippen molar-refractivity contribution in [3.8, 4) is 0 Å². The highest BCUT2D eigenvalue weighted by atomic mass is 32.2. The van der Waals surface area contributed by atoms with Crippen molar-refractivity contribution in [2.24, 2.45) is 0 Å². The van der Waals surface area contributed by atoms with E-state index in [0.29, 0.717) is 31.9 Å². The molecule has 26 heavy (non-hydrogen) atoms. The first-order chi connectivity index (χ1) is 12.5. The number of rotatable bonds is 2. The molecule has 8 heteroatoms. The fourth-order valence-electron chi connectivity index (χ4n) is 3.34. The van der Waals surface area contributed by atoms with Crippen LogP contribution in [0.5, 0.6) is 0 Å². The summed E-state index contributed by atoms with van der Waals surface area (Å²) in [6.45, 7) is 2.53. The number of benzene rings is 2. The second-order valence-corrected chi connectivity index (χ2v) is 8.03. The van der Waals surface area contributed by atoms with E-state index in [1.54, 1.807) is 23.1 Å². The van der Waals surface area contributed by atoms with Crippen LogP contribution >= 0.6 is 0 Å². The second kappa shape index (κ2) is 6.62. The molecule has 1 atom stereocenters. The van der Waals surface area contributed by atoms with Gasteiger partial charge in [0, 0.05) is 31.9 Å². The summed E-state index contributed by atoms with van der Waals surface area (Å²) < 4.78 is 27.2. The van der Waals surface area contributed by atoms with E-state index in [1.807, 2.05) is 30.3 Å². The fraction of sp³-hybridized carbons (Fsp3) is 0.278. The summed E-state index contributed by atoms with van der Waals surface area (Å²) in [6, 6.07) is 16.6. The Morgan fingerprint density at radius 2 is 1.58 bits per heavy atom. The molecule has 2 N–H and O–H groups in total. The van der Waals surface area contributed by atoms with Gasteiger partial charge >= 0.3 is 0 Å². The van der Waals surface area contributed by atoms with Gasteiger partial charge in [0.1, 0.15) is 4.90 Å². The lowest BCUT2D eigenvalue weighted by molar-refractivity contribution is -0.132. The van der Waals surface area contributed by atoms with E-state index >= 15 is 0 Å². The number of anilines is 2. The third kappa shape index (κ3) is 3.13. The Morgan fingerprint density at radius 3 is 2.31 bits per heavy atom. The molecule has 2 heterocycles. The number of sulfonamides is 1. The van der Waals surface area contributed by atoms with Gasteiger partial charge in [-0.1, -0.05) is 30.3 Å². The predicted octanol–water partition coefficient (Wildman–Crippen LogP) is 1.07. The minimum absolute atomic E-state index is 0.165. The van der Waals surface area contributed by atoms with Gasteiger partial charge in [0.15, 0.2) is 6.17 Å². The maximum absolute atomic E-state index is 12.8. The average Bonchev–Trinajstić information content (AvgIpc) is 2.68. The second-order valence-electron chi connectivity index (χ2n) is 6.34. The Morgan fingerprint density at radius 1 is 0.923 bits per heavy atom. The molecular formula is C18H20N4O3S. The molecule has 1 saturated heterocycles. The standard InChI is InChI=1S/C18H20N4O3S/c23-18(17-19-15-8-4-5-9-16(15)26(24,25)20-17)22-12-10-21(11-13-22)14-6-2-1-3-7-14/h1-9,17,19-20H,10-13H2/t17-/m1/s1. The van der Waals surface area contributed by atoms with Crippen LogP contribution in [0.1, 0.15) is 0 Å². The summed E-state index contributed by atoms with van der Waals surface area (Å²) in [5.41, 5.74) is 1.58. The quantitative estimate of drug-likeness (QED) is 0.824. The topological polar surface area (TPSA) is 81.7 Å². The average molecular weight is 372 g/mol. The number of piperazine rings is 1. The lowest BCUT2D eigenvalue weighted by Gasteiger charge is -2.38. The maximum atomic E-state index is 12.8. The zero-order chi connectivity index (χ0) is 18.1. The third-order valence-corrected chi connectivity index (χ3v) is 6.19. The van der Waals surface area contributed by atoms with Crippen LogP contribution in [0.25, 0.3) is 0 Å². The normalized spacial score (nSPS) is 21.6. The van der Waals surface area contributed by atoms with E-state index < -0.39 is 16.2 Å². The molecule has 2 aromatic carbocycles. The smallest absolute Gasteiger partial charge is 0.261 e. The van der Waals surface area contributed by atoms with Crippen molar-refractivity contribution in [2.75, 3.05) is 36.4 Å². The summed E-state index contributed by atoms with van der Waals surface area (Å²) in [6.07, 6.45) is -0.974. The van der Waals surface area contributed by atoms with Crippen molar-refractivity contribution >= 4 is 27.3 Å². The molecule has 2 aliphatic rings. The first kappa shape index (κ1) is 16.9. The van der Waals surface area contributed by atoms with Crippen LogP contribution in [-0.2, 0) is 14.8 Å². The number of para-hydroxylation sites is 2. The van der Waals surface area contributed by atoms with Gasteiger partial charge in [-0.15, -0.1) is 0 Å². The lowest BCUT2D eigenvalue weighted by Crippen LogP contribution is -2.58. The number of fused-ring (bicyclic) bond motifs is 1.